The van der Waals surface area contributed by atoms with Crippen LogP contribution in [0.2, 0.25) is 0 Å². The van der Waals surface area contributed by atoms with E-state index in [2.05, 4.69) is 19.2 Å². The number of unbranched alkanes of at least 4 members (excludes halogenated alkanes) is 1. The fraction of sp³-hybridized carbons (Fsp3) is 0.929. The van der Waals surface area contributed by atoms with Gasteiger partial charge in [0.15, 0.2) is 0 Å². The number of carbonyl (C=O) groups excluding carboxylic acids is 1. The third-order valence-corrected chi connectivity index (χ3v) is 3.32. The number of hydrogen-bond acceptors (Lipinski definition) is 2. The Morgan fingerprint density at radius 2 is 1.83 bits per heavy atom. The van der Waals surface area contributed by atoms with Gasteiger partial charge in [0.1, 0.15) is 0 Å². The molecule has 0 aromatic carbocycles. The average molecular weight is 279 g/mol. The fourth-order valence-corrected chi connectivity index (χ4v) is 1.69. The highest BCUT2D eigenvalue weighted by molar-refractivity contribution is 5.85. The van der Waals surface area contributed by atoms with Gasteiger partial charge in [0.2, 0.25) is 5.91 Å². The Kier molecular flexibility index (Phi) is 10.7. The van der Waals surface area contributed by atoms with Crippen molar-refractivity contribution in [2.45, 2.75) is 66.3 Å². The molecule has 18 heavy (non-hydrogen) atoms. The number of rotatable bonds is 7. The number of amides is 1. The zero-order valence-corrected chi connectivity index (χ0v) is 13.4. The van der Waals surface area contributed by atoms with E-state index in [0.717, 1.165) is 13.0 Å². The summed E-state index contributed by atoms with van der Waals surface area (Å²) in [5, 5.41) is 2.98. The van der Waals surface area contributed by atoms with Crippen LogP contribution in [0.25, 0.3) is 0 Å². The minimum absolute atomic E-state index is 0. The molecule has 1 amide bonds. The summed E-state index contributed by atoms with van der Waals surface area (Å²) in [4.78, 5) is 11.8. The third-order valence-electron chi connectivity index (χ3n) is 3.32. The van der Waals surface area contributed by atoms with Crippen molar-refractivity contribution in [2.24, 2.45) is 17.1 Å². The van der Waals surface area contributed by atoms with Gasteiger partial charge in [0.05, 0.1) is 6.04 Å². The molecule has 1 unspecified atom stereocenters. The number of hydrogen-bond donors (Lipinski definition) is 2. The zero-order chi connectivity index (χ0) is 13.5. The van der Waals surface area contributed by atoms with Crippen molar-refractivity contribution in [3.8, 4) is 0 Å². The van der Waals surface area contributed by atoms with E-state index in [-0.39, 0.29) is 23.7 Å². The van der Waals surface area contributed by atoms with E-state index in [4.69, 9.17) is 5.73 Å². The van der Waals surface area contributed by atoms with E-state index < -0.39 is 6.04 Å². The Hall–Kier alpha value is -0.280. The fourth-order valence-electron chi connectivity index (χ4n) is 1.69. The predicted molar refractivity (Wildman–Crippen MR) is 81.0 cm³/mol. The Morgan fingerprint density at radius 3 is 2.22 bits per heavy atom. The molecule has 0 rings (SSSR count). The summed E-state index contributed by atoms with van der Waals surface area (Å²) >= 11 is 0. The molecule has 0 saturated carbocycles. The van der Waals surface area contributed by atoms with Gasteiger partial charge in [0.25, 0.3) is 0 Å². The lowest BCUT2D eigenvalue weighted by Gasteiger charge is -2.26. The molecule has 3 N–H and O–H groups in total. The molecule has 110 valence electrons. The second kappa shape index (κ2) is 9.62. The molecular formula is C14H31ClN2O. The first kappa shape index (κ1) is 20.0. The predicted octanol–water partition coefficient (Wildman–Crippen LogP) is 3.11. The third kappa shape index (κ3) is 7.93. The molecule has 0 fully saturated rings. The number of halogens is 1. The van der Waals surface area contributed by atoms with Gasteiger partial charge in [-0.3, -0.25) is 4.79 Å². The molecule has 3 nitrogen and oxygen atoms in total. The minimum Gasteiger partial charge on any atom is -0.354 e. The lowest BCUT2D eigenvalue weighted by molar-refractivity contribution is -0.124. The molecule has 0 saturated heterocycles. The van der Waals surface area contributed by atoms with E-state index in [1.54, 1.807) is 0 Å². The number of nitrogens with one attached hydrogen (secondary N) is 1. The van der Waals surface area contributed by atoms with Crippen LogP contribution in [0.5, 0.6) is 0 Å². The lowest BCUT2D eigenvalue weighted by Crippen LogP contribution is -2.49. The maximum Gasteiger partial charge on any atom is 0.237 e. The topological polar surface area (TPSA) is 55.1 Å². The van der Waals surface area contributed by atoms with Gasteiger partial charge in [-0.05, 0) is 17.8 Å². The summed E-state index contributed by atoms with van der Waals surface area (Å²) in [5.74, 6) is 0.568. The van der Waals surface area contributed by atoms with Crippen molar-refractivity contribution in [3.05, 3.63) is 0 Å². The molecular weight excluding hydrogens is 248 g/mol. The van der Waals surface area contributed by atoms with Gasteiger partial charge in [0, 0.05) is 6.54 Å². The molecule has 0 bridgehead atoms. The van der Waals surface area contributed by atoms with Gasteiger partial charge in [-0.1, -0.05) is 53.9 Å². The molecule has 0 radical (unpaired) electrons. The first-order chi connectivity index (χ1) is 7.82. The minimum atomic E-state index is -0.425. The second-order valence-corrected chi connectivity index (χ2v) is 6.01. The van der Waals surface area contributed by atoms with E-state index >= 15 is 0 Å². The Bertz CT molecular complexity index is 226. The maximum atomic E-state index is 11.8. The van der Waals surface area contributed by atoms with E-state index in [0.29, 0.717) is 5.92 Å². The SMILES string of the molecule is CCCCC(CC)CNC(=O)[C@@H](N)C(C)(C)C.Cl. The van der Waals surface area contributed by atoms with Crippen LogP contribution in [-0.4, -0.2) is 18.5 Å². The van der Waals surface area contributed by atoms with Crippen LogP contribution in [0.4, 0.5) is 0 Å². The highest BCUT2D eigenvalue weighted by atomic mass is 35.5. The Morgan fingerprint density at radius 1 is 1.28 bits per heavy atom. The summed E-state index contributed by atoms with van der Waals surface area (Å²) in [6.07, 6.45) is 4.76. The molecule has 0 spiro atoms. The van der Waals surface area contributed by atoms with Crippen LogP contribution in [0.1, 0.15) is 60.3 Å². The molecule has 0 aliphatic rings. The van der Waals surface area contributed by atoms with E-state index in [9.17, 15) is 4.79 Å². The monoisotopic (exact) mass is 278 g/mol. The molecule has 4 heteroatoms. The normalized spacial score (nSPS) is 14.6. The first-order valence-electron chi connectivity index (χ1n) is 6.86. The van der Waals surface area contributed by atoms with Crippen LogP contribution in [0.15, 0.2) is 0 Å². The van der Waals surface area contributed by atoms with Crippen LogP contribution in [0, 0.1) is 11.3 Å². The highest BCUT2D eigenvalue weighted by Crippen LogP contribution is 2.17. The smallest absolute Gasteiger partial charge is 0.237 e. The van der Waals surface area contributed by atoms with Crippen LogP contribution < -0.4 is 11.1 Å². The Labute approximate surface area is 119 Å². The highest BCUT2D eigenvalue weighted by Gasteiger charge is 2.27. The van der Waals surface area contributed by atoms with Crippen molar-refractivity contribution in [1.82, 2.24) is 5.32 Å². The van der Waals surface area contributed by atoms with Crippen LogP contribution in [0.3, 0.4) is 0 Å². The first-order valence-corrected chi connectivity index (χ1v) is 6.86. The van der Waals surface area contributed by atoms with Crippen LogP contribution in [-0.2, 0) is 4.79 Å². The van der Waals surface area contributed by atoms with Crippen molar-refractivity contribution >= 4 is 18.3 Å². The molecule has 0 aliphatic carbocycles. The van der Waals surface area contributed by atoms with Crippen molar-refractivity contribution < 1.29 is 4.79 Å². The van der Waals surface area contributed by atoms with E-state index in [1.165, 1.54) is 19.3 Å². The van der Waals surface area contributed by atoms with E-state index in [1.807, 2.05) is 20.8 Å². The lowest BCUT2D eigenvalue weighted by atomic mass is 9.87. The summed E-state index contributed by atoms with van der Waals surface area (Å²) in [5.41, 5.74) is 5.74. The molecule has 0 aliphatic heterocycles. The summed E-state index contributed by atoms with van der Waals surface area (Å²) in [6, 6.07) is -0.425. The van der Waals surface area contributed by atoms with Gasteiger partial charge < -0.3 is 11.1 Å². The molecule has 0 aromatic rings. The molecule has 2 atom stereocenters. The largest absolute Gasteiger partial charge is 0.354 e. The zero-order valence-electron chi connectivity index (χ0n) is 12.6. The van der Waals surface area contributed by atoms with Crippen molar-refractivity contribution in [3.63, 3.8) is 0 Å². The van der Waals surface area contributed by atoms with Gasteiger partial charge in [-0.2, -0.15) is 0 Å². The molecule has 0 heterocycles. The maximum absolute atomic E-state index is 11.8. The van der Waals surface area contributed by atoms with Gasteiger partial charge in [-0.25, -0.2) is 0 Å². The van der Waals surface area contributed by atoms with Gasteiger partial charge in [-0.15, -0.1) is 12.4 Å². The summed E-state index contributed by atoms with van der Waals surface area (Å²) in [6.45, 7) is 11.1. The quantitative estimate of drug-likeness (QED) is 0.752. The van der Waals surface area contributed by atoms with Crippen LogP contribution >= 0.6 is 12.4 Å². The number of nitrogens with two attached hydrogens (primary N) is 1. The molecule has 0 aromatic heterocycles. The van der Waals surface area contributed by atoms with Crippen molar-refractivity contribution in [2.75, 3.05) is 6.54 Å². The van der Waals surface area contributed by atoms with Gasteiger partial charge >= 0.3 is 0 Å². The Balaban J connectivity index is 0. The standard InChI is InChI=1S/C14H30N2O.ClH/c1-6-8-9-11(7-2)10-16-13(17)12(15)14(3,4)5;/h11-12H,6-10,15H2,1-5H3,(H,16,17);1H/t11?,12-;/m1./s1. The second-order valence-electron chi connectivity index (χ2n) is 6.01. The summed E-state index contributed by atoms with van der Waals surface area (Å²) < 4.78 is 0. The summed E-state index contributed by atoms with van der Waals surface area (Å²) in [7, 11) is 0. The average Bonchev–Trinajstić information content (AvgIpc) is 2.26. The van der Waals surface area contributed by atoms with Crippen molar-refractivity contribution in [1.29, 1.82) is 0 Å². The number of carbonyl (C=O) groups is 1.